The fourth-order valence-electron chi connectivity index (χ4n) is 8.88. The number of aromatic hydroxyl groups is 1. The third kappa shape index (κ3) is 5.38. The van der Waals surface area contributed by atoms with E-state index in [2.05, 4.69) is 26.0 Å². The van der Waals surface area contributed by atoms with Gasteiger partial charge in [-0.15, -0.1) is 6.42 Å². The normalized spacial score (nSPS) is 24.7. The Morgan fingerprint density at radius 1 is 1.08 bits per heavy atom. The van der Waals surface area contributed by atoms with E-state index in [4.69, 9.17) is 16.1 Å². The van der Waals surface area contributed by atoms with Crippen molar-refractivity contribution in [2.45, 2.75) is 44.2 Å². The third-order valence-corrected chi connectivity index (χ3v) is 13.2. The zero-order valence-corrected chi connectivity index (χ0v) is 27.8. The summed E-state index contributed by atoms with van der Waals surface area (Å²) in [5.74, 6) is 1.78. The lowest BCUT2D eigenvalue weighted by Crippen LogP contribution is -2.58. The number of aromatic nitrogens is 2. The molecule has 9 rings (SSSR count). The van der Waals surface area contributed by atoms with Crippen LogP contribution in [0.4, 0.5) is 14.6 Å². The highest BCUT2D eigenvalue weighted by Gasteiger charge is 2.54. The van der Waals surface area contributed by atoms with Gasteiger partial charge in [-0.3, -0.25) is 0 Å². The first-order valence-electron chi connectivity index (χ1n) is 17.0. The molecule has 12 heteroatoms. The first-order chi connectivity index (χ1) is 23.5. The number of terminal acetylenes is 1. The minimum Gasteiger partial charge on any atom is -0.508 e. The van der Waals surface area contributed by atoms with E-state index in [0.29, 0.717) is 41.9 Å². The second kappa shape index (κ2) is 11.0. The molecular formula is C37H37F2N5O4S. The van der Waals surface area contributed by atoms with E-state index in [1.165, 1.54) is 18.2 Å². The Kier molecular flexibility index (Phi) is 6.94. The van der Waals surface area contributed by atoms with Crippen molar-refractivity contribution in [2.75, 3.05) is 55.7 Å². The number of hydrogen-bond acceptors (Lipinski definition) is 9. The number of likely N-dealkylation sites (tertiary alicyclic amines) is 1. The summed E-state index contributed by atoms with van der Waals surface area (Å²) in [6, 6.07) is 9.87. The molecule has 2 unspecified atom stereocenters. The Balaban J connectivity index is 1.08. The van der Waals surface area contributed by atoms with E-state index in [9.17, 15) is 13.5 Å². The summed E-state index contributed by atoms with van der Waals surface area (Å²) < 4.78 is 63.7. The van der Waals surface area contributed by atoms with Gasteiger partial charge in [0.2, 0.25) is 0 Å². The quantitative estimate of drug-likeness (QED) is 0.269. The highest BCUT2D eigenvalue weighted by atomic mass is 32.2. The van der Waals surface area contributed by atoms with E-state index in [1.807, 2.05) is 0 Å². The minimum atomic E-state index is -2.94. The van der Waals surface area contributed by atoms with Gasteiger partial charge in [0, 0.05) is 77.5 Å². The summed E-state index contributed by atoms with van der Waals surface area (Å²) in [6.45, 7) is 3.98. The van der Waals surface area contributed by atoms with Crippen LogP contribution in [-0.4, -0.2) is 91.3 Å². The first kappa shape index (κ1) is 31.0. The SMILES string of the molecule is C#Cc1cccc2cc(O)cc(-c3c(F)cc4c(N5CC6CCC(C5)N6)nc(OCC5(CN6CC7(CCS(=O)(=O)C7)C6)CC5)nc4c3F)c12. The molecule has 4 aromatic rings. The zero-order valence-electron chi connectivity index (χ0n) is 27.0. The zero-order chi connectivity index (χ0) is 33.7. The standard InChI is InChI=1S/C37H37F2N5O4S/c1-2-22-4-3-5-23-12-26(45)13-27(30(22)23)31-29(38)14-28-33(32(31)39)41-35(42-34(28)44-15-24-6-7-25(16-44)40-24)48-20-36(8-9-36)17-43-18-37(19-43)10-11-49(46,47)21-37/h1,3-5,12-14,24-25,40,45H,6-11,15-21H2. The van der Waals surface area contributed by atoms with Gasteiger partial charge in [0.1, 0.15) is 22.9 Å². The maximum Gasteiger partial charge on any atom is 0.319 e. The van der Waals surface area contributed by atoms with Crippen LogP contribution < -0.4 is 15.0 Å². The molecule has 3 aromatic carbocycles. The Hall–Kier alpha value is -4.05. The lowest BCUT2D eigenvalue weighted by Gasteiger charge is -2.48. The molecule has 4 aliphatic heterocycles. The maximum atomic E-state index is 16.9. The van der Waals surface area contributed by atoms with Crippen LogP contribution in [0.5, 0.6) is 11.8 Å². The van der Waals surface area contributed by atoms with Crippen LogP contribution in [-0.2, 0) is 9.84 Å². The number of ether oxygens (including phenoxy) is 1. The van der Waals surface area contributed by atoms with Crippen LogP contribution in [0, 0.1) is 34.8 Å². The molecule has 49 heavy (non-hydrogen) atoms. The van der Waals surface area contributed by atoms with Crippen molar-refractivity contribution in [1.29, 1.82) is 0 Å². The fraction of sp³-hybridized carbons (Fsp3) is 0.459. The van der Waals surface area contributed by atoms with Gasteiger partial charge in [0.05, 0.1) is 23.7 Å². The highest BCUT2D eigenvalue weighted by molar-refractivity contribution is 7.91. The molecular weight excluding hydrogens is 649 g/mol. The number of rotatable bonds is 7. The number of benzene rings is 3. The van der Waals surface area contributed by atoms with Gasteiger partial charge in [0.25, 0.3) is 0 Å². The molecule has 1 spiro atoms. The average Bonchev–Trinajstić information content (AvgIpc) is 3.63. The van der Waals surface area contributed by atoms with Gasteiger partial charge in [0.15, 0.2) is 15.7 Å². The van der Waals surface area contributed by atoms with Gasteiger partial charge in [-0.1, -0.05) is 18.1 Å². The van der Waals surface area contributed by atoms with Crippen LogP contribution in [0.1, 0.15) is 37.7 Å². The van der Waals surface area contributed by atoms with Crippen molar-refractivity contribution in [3.63, 3.8) is 0 Å². The summed E-state index contributed by atoms with van der Waals surface area (Å²) in [6.07, 6.45) is 10.5. The number of fused-ring (bicyclic) bond motifs is 4. The predicted molar refractivity (Wildman–Crippen MR) is 183 cm³/mol. The van der Waals surface area contributed by atoms with E-state index in [0.717, 1.165) is 51.7 Å². The number of halogens is 2. The van der Waals surface area contributed by atoms with Gasteiger partial charge >= 0.3 is 6.01 Å². The molecule has 4 saturated heterocycles. The maximum absolute atomic E-state index is 16.9. The molecule has 1 aliphatic carbocycles. The topological polar surface area (TPSA) is 108 Å². The van der Waals surface area contributed by atoms with Crippen LogP contribution in [0.25, 0.3) is 32.8 Å². The van der Waals surface area contributed by atoms with Crippen molar-refractivity contribution in [1.82, 2.24) is 20.2 Å². The van der Waals surface area contributed by atoms with Crippen molar-refractivity contribution in [3.05, 3.63) is 53.6 Å². The lowest BCUT2D eigenvalue weighted by molar-refractivity contribution is -0.00119. The Morgan fingerprint density at radius 3 is 2.55 bits per heavy atom. The van der Waals surface area contributed by atoms with Crippen LogP contribution in [0.2, 0.25) is 0 Å². The Bertz CT molecular complexity index is 2180. The van der Waals surface area contributed by atoms with Crippen LogP contribution in [0.3, 0.4) is 0 Å². The molecule has 5 aliphatic rings. The summed E-state index contributed by atoms with van der Waals surface area (Å²) in [4.78, 5) is 13.8. The van der Waals surface area contributed by atoms with Gasteiger partial charge in [-0.25, -0.2) is 17.2 Å². The average molecular weight is 686 g/mol. The number of phenolic OH excluding ortho intramolecular Hbond substituents is 1. The second-order valence-corrected chi connectivity index (χ2v) is 17.3. The second-order valence-electron chi connectivity index (χ2n) is 15.1. The number of nitrogens with zero attached hydrogens (tertiary/aromatic N) is 4. The van der Waals surface area contributed by atoms with Crippen LogP contribution >= 0.6 is 0 Å². The van der Waals surface area contributed by atoms with Crippen molar-refractivity contribution in [2.24, 2.45) is 10.8 Å². The summed E-state index contributed by atoms with van der Waals surface area (Å²) in [5.41, 5.74) is -0.0126. The lowest BCUT2D eigenvalue weighted by atomic mass is 9.79. The van der Waals surface area contributed by atoms with Crippen molar-refractivity contribution in [3.8, 4) is 35.2 Å². The molecule has 1 aromatic heterocycles. The highest BCUT2D eigenvalue weighted by Crippen LogP contribution is 2.50. The number of sulfone groups is 1. The molecule has 5 heterocycles. The molecule has 0 amide bonds. The number of anilines is 1. The van der Waals surface area contributed by atoms with E-state index >= 15 is 8.78 Å². The summed E-state index contributed by atoms with van der Waals surface area (Å²) >= 11 is 0. The first-order valence-corrected chi connectivity index (χ1v) is 18.8. The number of nitrogens with one attached hydrogen (secondary N) is 1. The Labute approximate surface area is 283 Å². The Morgan fingerprint density at radius 2 is 1.86 bits per heavy atom. The molecule has 0 radical (unpaired) electrons. The third-order valence-electron chi connectivity index (χ3n) is 11.4. The molecule has 254 valence electrons. The molecule has 2 atom stereocenters. The summed E-state index contributed by atoms with van der Waals surface area (Å²) in [5, 5.41) is 15.5. The van der Waals surface area contributed by atoms with Crippen molar-refractivity contribution >= 4 is 37.3 Å². The minimum absolute atomic E-state index is 0.0307. The monoisotopic (exact) mass is 685 g/mol. The smallest absolute Gasteiger partial charge is 0.319 e. The molecule has 2 bridgehead atoms. The van der Waals surface area contributed by atoms with Crippen molar-refractivity contribution < 1.29 is 27.0 Å². The molecule has 1 saturated carbocycles. The van der Waals surface area contributed by atoms with Gasteiger partial charge in [-0.05, 0) is 61.8 Å². The number of hydrogen-bond donors (Lipinski definition) is 2. The largest absolute Gasteiger partial charge is 0.508 e. The van der Waals surface area contributed by atoms with E-state index in [-0.39, 0.29) is 68.2 Å². The molecule has 9 nitrogen and oxygen atoms in total. The number of phenols is 1. The van der Waals surface area contributed by atoms with Crippen LogP contribution in [0.15, 0.2) is 36.4 Å². The van der Waals surface area contributed by atoms with E-state index < -0.39 is 21.5 Å². The molecule has 2 N–H and O–H groups in total. The summed E-state index contributed by atoms with van der Waals surface area (Å²) in [7, 11) is -2.94. The van der Waals surface area contributed by atoms with Gasteiger partial charge in [-0.2, -0.15) is 9.97 Å². The van der Waals surface area contributed by atoms with Gasteiger partial charge < -0.3 is 25.0 Å². The fourth-order valence-corrected chi connectivity index (χ4v) is 11.0. The number of piperazine rings is 1. The van der Waals surface area contributed by atoms with E-state index in [1.54, 1.807) is 18.2 Å². The molecule has 5 fully saturated rings. The predicted octanol–water partition coefficient (Wildman–Crippen LogP) is 4.64.